The van der Waals surface area contributed by atoms with Gasteiger partial charge in [-0.1, -0.05) is 11.6 Å². The van der Waals surface area contributed by atoms with Crippen LogP contribution in [0.4, 0.5) is 11.4 Å². The number of carbonyl (C=O) groups is 1. The molecule has 0 unspecified atom stereocenters. The number of hydrogen-bond acceptors (Lipinski definition) is 6. The number of ether oxygens (including phenoxy) is 3. The standard InChI is InChI=1S/C18H18BrClN2O6/c1-4-27-16-9-14(22(24)25)11(8-15(16)26-3)18(23)21-13-7-10(20)6-12(19)17(13)28-5-2/h6-9H,4-5H2,1-3H3,(H,21,23). The maximum Gasteiger partial charge on any atom is 0.286 e. The Bertz CT molecular complexity index is 906. The number of nitrogens with zero attached hydrogens (tertiary/aromatic N) is 1. The van der Waals surface area contributed by atoms with E-state index in [9.17, 15) is 14.9 Å². The highest BCUT2D eigenvalue weighted by atomic mass is 79.9. The van der Waals surface area contributed by atoms with Gasteiger partial charge in [0.05, 0.1) is 41.5 Å². The Morgan fingerprint density at radius 3 is 2.43 bits per heavy atom. The van der Waals surface area contributed by atoms with Crippen LogP contribution < -0.4 is 19.5 Å². The van der Waals surface area contributed by atoms with Gasteiger partial charge in [-0.25, -0.2) is 0 Å². The second-order valence-electron chi connectivity index (χ2n) is 5.36. The largest absolute Gasteiger partial charge is 0.493 e. The molecule has 2 rings (SSSR count). The fourth-order valence-electron chi connectivity index (χ4n) is 2.44. The second-order valence-corrected chi connectivity index (χ2v) is 6.65. The minimum Gasteiger partial charge on any atom is -0.493 e. The lowest BCUT2D eigenvalue weighted by atomic mass is 10.1. The number of halogens is 2. The minimum atomic E-state index is -0.719. The first-order valence-corrected chi connectivity index (χ1v) is 9.41. The topological polar surface area (TPSA) is 99.9 Å². The number of benzene rings is 2. The smallest absolute Gasteiger partial charge is 0.286 e. The van der Waals surface area contributed by atoms with Crippen LogP contribution >= 0.6 is 27.5 Å². The van der Waals surface area contributed by atoms with Crippen molar-refractivity contribution in [3.8, 4) is 17.2 Å². The number of nitro benzene ring substituents is 1. The van der Waals surface area contributed by atoms with Gasteiger partial charge in [-0.3, -0.25) is 14.9 Å². The molecule has 0 bridgehead atoms. The van der Waals surface area contributed by atoms with E-state index in [4.69, 9.17) is 25.8 Å². The van der Waals surface area contributed by atoms with Gasteiger partial charge < -0.3 is 19.5 Å². The average Bonchev–Trinajstić information content (AvgIpc) is 2.64. The summed E-state index contributed by atoms with van der Waals surface area (Å²) in [5, 5.41) is 14.5. The molecule has 0 aliphatic rings. The molecule has 0 radical (unpaired) electrons. The van der Waals surface area contributed by atoms with Gasteiger partial charge in [0.15, 0.2) is 17.2 Å². The fraction of sp³-hybridized carbons (Fsp3) is 0.278. The van der Waals surface area contributed by atoms with Crippen molar-refractivity contribution in [1.82, 2.24) is 0 Å². The highest BCUT2D eigenvalue weighted by Gasteiger charge is 2.26. The first kappa shape index (κ1) is 21.8. The van der Waals surface area contributed by atoms with E-state index in [0.717, 1.165) is 6.07 Å². The lowest BCUT2D eigenvalue weighted by Gasteiger charge is -2.15. The van der Waals surface area contributed by atoms with Crippen molar-refractivity contribution in [1.29, 1.82) is 0 Å². The van der Waals surface area contributed by atoms with E-state index in [1.807, 2.05) is 0 Å². The zero-order chi connectivity index (χ0) is 20.8. The molecule has 2 aromatic carbocycles. The third-order valence-electron chi connectivity index (χ3n) is 3.57. The summed E-state index contributed by atoms with van der Waals surface area (Å²) in [5.74, 6) is 0.0210. The van der Waals surface area contributed by atoms with E-state index in [-0.39, 0.29) is 29.4 Å². The van der Waals surface area contributed by atoms with E-state index in [1.54, 1.807) is 19.9 Å². The summed E-state index contributed by atoms with van der Waals surface area (Å²) in [6.07, 6.45) is 0. The van der Waals surface area contributed by atoms with Crippen LogP contribution in [0.2, 0.25) is 5.02 Å². The third-order valence-corrected chi connectivity index (χ3v) is 4.38. The predicted octanol–water partition coefficient (Wildman–Crippen LogP) is 5.07. The summed E-state index contributed by atoms with van der Waals surface area (Å²) in [6.45, 7) is 4.15. The van der Waals surface area contributed by atoms with Crippen LogP contribution in [0.25, 0.3) is 0 Å². The lowest BCUT2D eigenvalue weighted by molar-refractivity contribution is -0.385. The van der Waals surface area contributed by atoms with Gasteiger partial charge in [0, 0.05) is 11.1 Å². The van der Waals surface area contributed by atoms with Gasteiger partial charge in [0.25, 0.3) is 11.6 Å². The number of methoxy groups -OCH3 is 1. The summed E-state index contributed by atoms with van der Waals surface area (Å²) >= 11 is 9.38. The van der Waals surface area contributed by atoms with Crippen molar-refractivity contribution in [3.63, 3.8) is 0 Å². The average molecular weight is 474 g/mol. The molecule has 0 aliphatic carbocycles. The van der Waals surface area contributed by atoms with Crippen LogP contribution in [0.15, 0.2) is 28.7 Å². The Hall–Kier alpha value is -2.52. The van der Waals surface area contributed by atoms with Gasteiger partial charge in [0.1, 0.15) is 5.56 Å². The van der Waals surface area contributed by atoms with Gasteiger partial charge in [0.2, 0.25) is 0 Å². The van der Waals surface area contributed by atoms with Crippen molar-refractivity contribution in [2.75, 3.05) is 25.6 Å². The quantitative estimate of drug-likeness (QED) is 0.424. The Kier molecular flexibility index (Phi) is 7.47. The second kappa shape index (κ2) is 9.61. The van der Waals surface area contributed by atoms with Crippen LogP contribution in [0, 0.1) is 10.1 Å². The molecular formula is C18H18BrClN2O6. The zero-order valence-electron chi connectivity index (χ0n) is 15.4. The molecule has 10 heteroatoms. The fourth-order valence-corrected chi connectivity index (χ4v) is 3.37. The van der Waals surface area contributed by atoms with Crippen molar-refractivity contribution >= 4 is 44.8 Å². The molecule has 0 aromatic heterocycles. The maximum atomic E-state index is 12.8. The first-order valence-electron chi connectivity index (χ1n) is 8.24. The molecule has 1 amide bonds. The van der Waals surface area contributed by atoms with Crippen molar-refractivity contribution in [3.05, 3.63) is 49.4 Å². The van der Waals surface area contributed by atoms with Crippen molar-refractivity contribution in [2.24, 2.45) is 0 Å². The van der Waals surface area contributed by atoms with Gasteiger partial charge >= 0.3 is 0 Å². The number of hydrogen-bond donors (Lipinski definition) is 1. The van der Waals surface area contributed by atoms with E-state index >= 15 is 0 Å². The number of anilines is 1. The Balaban J connectivity index is 2.51. The van der Waals surface area contributed by atoms with Crippen LogP contribution in [-0.4, -0.2) is 31.2 Å². The SMILES string of the molecule is CCOc1cc([N+](=O)[O-])c(C(=O)Nc2cc(Cl)cc(Br)c2OCC)cc1OC. The summed E-state index contributed by atoms with van der Waals surface area (Å²) in [4.78, 5) is 23.7. The monoisotopic (exact) mass is 472 g/mol. The number of rotatable bonds is 8. The third kappa shape index (κ3) is 4.85. The highest BCUT2D eigenvalue weighted by molar-refractivity contribution is 9.10. The number of nitro groups is 1. The summed E-state index contributed by atoms with van der Waals surface area (Å²) < 4.78 is 16.6. The zero-order valence-corrected chi connectivity index (χ0v) is 17.7. The van der Waals surface area contributed by atoms with Crippen molar-refractivity contribution in [2.45, 2.75) is 13.8 Å². The lowest BCUT2D eigenvalue weighted by Crippen LogP contribution is -2.15. The number of amides is 1. The molecule has 0 heterocycles. The van der Waals surface area contributed by atoms with Crippen molar-refractivity contribution < 1.29 is 23.9 Å². The molecule has 8 nitrogen and oxygen atoms in total. The molecule has 28 heavy (non-hydrogen) atoms. The maximum absolute atomic E-state index is 12.8. The molecule has 0 spiro atoms. The minimum absolute atomic E-state index is 0.175. The van der Waals surface area contributed by atoms with Gasteiger partial charge in [-0.2, -0.15) is 0 Å². The van der Waals surface area contributed by atoms with Gasteiger partial charge in [-0.15, -0.1) is 0 Å². The highest BCUT2D eigenvalue weighted by Crippen LogP contribution is 2.38. The molecule has 0 fully saturated rings. The van der Waals surface area contributed by atoms with E-state index in [2.05, 4.69) is 21.2 Å². The van der Waals surface area contributed by atoms with E-state index < -0.39 is 16.5 Å². The normalized spacial score (nSPS) is 10.3. The Morgan fingerprint density at radius 1 is 1.18 bits per heavy atom. The molecule has 150 valence electrons. The van der Waals surface area contributed by atoms with E-state index in [1.165, 1.54) is 19.2 Å². The predicted molar refractivity (Wildman–Crippen MR) is 109 cm³/mol. The number of nitrogens with one attached hydrogen (secondary N) is 1. The molecule has 0 saturated carbocycles. The molecule has 1 N–H and O–H groups in total. The van der Waals surface area contributed by atoms with Crippen LogP contribution in [-0.2, 0) is 0 Å². The first-order chi connectivity index (χ1) is 13.3. The molecule has 0 aliphatic heterocycles. The Morgan fingerprint density at radius 2 is 1.86 bits per heavy atom. The van der Waals surface area contributed by atoms with Crippen LogP contribution in [0.1, 0.15) is 24.2 Å². The number of carbonyl (C=O) groups excluding carboxylic acids is 1. The summed E-state index contributed by atoms with van der Waals surface area (Å²) in [6, 6.07) is 5.53. The van der Waals surface area contributed by atoms with Crippen LogP contribution in [0.3, 0.4) is 0 Å². The molecule has 0 atom stereocenters. The summed E-state index contributed by atoms with van der Waals surface area (Å²) in [7, 11) is 1.38. The summed E-state index contributed by atoms with van der Waals surface area (Å²) in [5.41, 5.74) is -0.335. The van der Waals surface area contributed by atoms with Crippen LogP contribution in [0.5, 0.6) is 17.2 Å². The molecule has 2 aromatic rings. The molecular weight excluding hydrogens is 456 g/mol. The van der Waals surface area contributed by atoms with Gasteiger partial charge in [-0.05, 0) is 41.9 Å². The molecule has 0 saturated heterocycles. The Labute approximate surface area is 175 Å². The van der Waals surface area contributed by atoms with E-state index in [0.29, 0.717) is 21.9 Å².